The molecule has 0 spiro atoms. The maximum absolute atomic E-state index is 13.5. The van der Waals surface area contributed by atoms with Gasteiger partial charge in [-0.05, 0) is 36.8 Å². The van der Waals surface area contributed by atoms with Gasteiger partial charge in [-0.3, -0.25) is 14.9 Å². The first-order chi connectivity index (χ1) is 10.6. The normalized spacial score (nSPS) is 10.6. The number of nitrogens with two attached hydrogens (primary N) is 1. The second kappa shape index (κ2) is 5.40. The predicted octanol–water partition coefficient (Wildman–Crippen LogP) is 2.69. The predicted molar refractivity (Wildman–Crippen MR) is 80.5 cm³/mol. The third-order valence-electron chi connectivity index (χ3n) is 3.35. The molecule has 3 aromatic rings. The number of aromatic nitrogens is 3. The second-order valence-corrected chi connectivity index (χ2v) is 4.88. The number of hydrogen-bond donors (Lipinski definition) is 2. The van der Waals surface area contributed by atoms with Crippen LogP contribution in [0, 0.1) is 12.7 Å². The van der Waals surface area contributed by atoms with Gasteiger partial charge in [-0.15, -0.1) is 0 Å². The molecule has 0 aliphatic rings. The topological polar surface area (TPSA) is 84.7 Å². The highest BCUT2D eigenvalue weighted by Crippen LogP contribution is 2.33. The van der Waals surface area contributed by atoms with Crippen molar-refractivity contribution in [1.82, 2.24) is 15.2 Å². The van der Waals surface area contributed by atoms with E-state index in [0.717, 1.165) is 16.8 Å². The first kappa shape index (κ1) is 13.9. The molecule has 0 aliphatic heterocycles. The number of pyridine rings is 1. The summed E-state index contributed by atoms with van der Waals surface area (Å²) in [4.78, 5) is 15.2. The highest BCUT2D eigenvalue weighted by molar-refractivity contribution is 5.93. The van der Waals surface area contributed by atoms with Gasteiger partial charge in [-0.25, -0.2) is 4.39 Å². The molecule has 1 aromatic carbocycles. The van der Waals surface area contributed by atoms with Crippen molar-refractivity contribution in [2.24, 2.45) is 5.73 Å². The lowest BCUT2D eigenvalue weighted by Crippen LogP contribution is -2.12. The summed E-state index contributed by atoms with van der Waals surface area (Å²) in [7, 11) is 0. The van der Waals surface area contributed by atoms with E-state index in [0.29, 0.717) is 11.3 Å². The summed E-state index contributed by atoms with van der Waals surface area (Å²) in [5.74, 6) is -0.938. The highest BCUT2D eigenvalue weighted by Gasteiger charge is 2.16. The molecule has 0 aliphatic carbocycles. The maximum Gasteiger partial charge on any atom is 0.267 e. The molecule has 0 bridgehead atoms. The van der Waals surface area contributed by atoms with Crippen molar-refractivity contribution in [3.63, 3.8) is 0 Å². The van der Waals surface area contributed by atoms with Crippen molar-refractivity contribution in [3.05, 3.63) is 59.8 Å². The first-order valence-corrected chi connectivity index (χ1v) is 6.63. The number of aromatic amines is 1. The number of hydrogen-bond acceptors (Lipinski definition) is 3. The Labute approximate surface area is 126 Å². The van der Waals surface area contributed by atoms with Crippen LogP contribution in [-0.2, 0) is 0 Å². The third-order valence-corrected chi connectivity index (χ3v) is 3.35. The van der Waals surface area contributed by atoms with Gasteiger partial charge in [0.15, 0.2) is 0 Å². The summed E-state index contributed by atoms with van der Waals surface area (Å²) < 4.78 is 13.5. The van der Waals surface area contributed by atoms with Gasteiger partial charge in [0, 0.05) is 23.0 Å². The van der Waals surface area contributed by atoms with Crippen LogP contribution in [0.3, 0.4) is 0 Å². The van der Waals surface area contributed by atoms with Crippen molar-refractivity contribution >= 4 is 5.91 Å². The second-order valence-electron chi connectivity index (χ2n) is 4.88. The lowest BCUT2D eigenvalue weighted by molar-refractivity contribution is 0.0995. The van der Waals surface area contributed by atoms with Gasteiger partial charge < -0.3 is 5.73 Å². The Bertz CT molecular complexity index is 857. The number of aryl methyl sites for hydroxylation is 1. The number of nitrogens with one attached hydrogen (secondary N) is 1. The molecule has 1 amide bonds. The van der Waals surface area contributed by atoms with E-state index in [-0.39, 0.29) is 11.5 Å². The number of halogens is 1. The Morgan fingerprint density at radius 2 is 2.05 bits per heavy atom. The van der Waals surface area contributed by atoms with E-state index >= 15 is 0 Å². The van der Waals surface area contributed by atoms with Gasteiger partial charge in [-0.2, -0.15) is 5.10 Å². The minimum atomic E-state index is -0.602. The third kappa shape index (κ3) is 2.46. The van der Waals surface area contributed by atoms with E-state index in [1.165, 1.54) is 18.3 Å². The molecule has 110 valence electrons. The molecule has 2 heterocycles. The quantitative estimate of drug-likeness (QED) is 0.779. The number of primary amides is 1. The summed E-state index contributed by atoms with van der Waals surface area (Å²) in [6.07, 6.45) is 1.51. The van der Waals surface area contributed by atoms with E-state index in [2.05, 4.69) is 15.2 Å². The van der Waals surface area contributed by atoms with E-state index in [1.54, 1.807) is 24.3 Å². The Morgan fingerprint density at radius 1 is 1.23 bits per heavy atom. The van der Waals surface area contributed by atoms with Crippen LogP contribution < -0.4 is 5.73 Å². The summed E-state index contributed by atoms with van der Waals surface area (Å²) in [5.41, 5.74) is 9.04. The molecule has 0 fully saturated rings. The van der Waals surface area contributed by atoms with E-state index in [1.807, 2.05) is 6.92 Å². The van der Waals surface area contributed by atoms with Crippen molar-refractivity contribution in [1.29, 1.82) is 0 Å². The fraction of sp³-hybridized carbons (Fsp3) is 0.0625. The standard InChI is InChI=1S/C16H13FN4O/c1-9-14(10-5-6-19-13(8-10)16(18)22)15(21-20-9)11-3-2-4-12(17)7-11/h2-8H,1H3,(H2,18,22)(H,20,21). The molecule has 0 saturated carbocycles. The summed E-state index contributed by atoms with van der Waals surface area (Å²) in [6, 6.07) is 9.55. The van der Waals surface area contributed by atoms with Crippen LogP contribution in [0.25, 0.3) is 22.4 Å². The Morgan fingerprint density at radius 3 is 2.77 bits per heavy atom. The zero-order valence-corrected chi connectivity index (χ0v) is 11.8. The monoisotopic (exact) mass is 296 g/mol. The molecular weight excluding hydrogens is 283 g/mol. The van der Waals surface area contributed by atoms with Crippen LogP contribution in [0.2, 0.25) is 0 Å². The van der Waals surface area contributed by atoms with Crippen LogP contribution in [0.4, 0.5) is 4.39 Å². The molecule has 3 N–H and O–H groups in total. The van der Waals surface area contributed by atoms with Crippen LogP contribution in [0.5, 0.6) is 0 Å². The molecule has 6 heteroatoms. The van der Waals surface area contributed by atoms with Gasteiger partial charge in [-0.1, -0.05) is 12.1 Å². The van der Waals surface area contributed by atoms with Crippen molar-refractivity contribution in [2.75, 3.05) is 0 Å². The molecule has 3 rings (SSSR count). The lowest BCUT2D eigenvalue weighted by Gasteiger charge is -2.06. The van der Waals surface area contributed by atoms with Gasteiger partial charge >= 0.3 is 0 Å². The number of benzene rings is 1. The SMILES string of the molecule is Cc1[nH]nc(-c2cccc(F)c2)c1-c1ccnc(C(N)=O)c1. The fourth-order valence-corrected chi connectivity index (χ4v) is 2.35. The van der Waals surface area contributed by atoms with Crippen LogP contribution in [0.1, 0.15) is 16.2 Å². The Balaban J connectivity index is 2.18. The van der Waals surface area contributed by atoms with Gasteiger partial charge in [0.25, 0.3) is 5.91 Å². The maximum atomic E-state index is 13.5. The molecule has 2 aromatic heterocycles. The van der Waals surface area contributed by atoms with Crippen LogP contribution >= 0.6 is 0 Å². The van der Waals surface area contributed by atoms with Crippen LogP contribution in [-0.4, -0.2) is 21.1 Å². The van der Waals surface area contributed by atoms with Crippen molar-refractivity contribution in [2.45, 2.75) is 6.92 Å². The van der Waals surface area contributed by atoms with Crippen LogP contribution in [0.15, 0.2) is 42.6 Å². The number of H-pyrrole nitrogens is 1. The summed E-state index contributed by atoms with van der Waals surface area (Å²) in [6.45, 7) is 1.86. The highest BCUT2D eigenvalue weighted by atomic mass is 19.1. The summed E-state index contributed by atoms with van der Waals surface area (Å²) >= 11 is 0. The largest absolute Gasteiger partial charge is 0.364 e. The summed E-state index contributed by atoms with van der Waals surface area (Å²) in [5, 5.41) is 7.14. The molecular formula is C16H13FN4O. The van der Waals surface area contributed by atoms with Gasteiger partial charge in [0.2, 0.25) is 0 Å². The van der Waals surface area contributed by atoms with E-state index < -0.39 is 5.91 Å². The van der Waals surface area contributed by atoms with Gasteiger partial charge in [0.05, 0.1) is 0 Å². The van der Waals surface area contributed by atoms with E-state index in [9.17, 15) is 9.18 Å². The minimum Gasteiger partial charge on any atom is -0.364 e. The van der Waals surface area contributed by atoms with Crippen molar-refractivity contribution in [3.8, 4) is 22.4 Å². The van der Waals surface area contributed by atoms with E-state index in [4.69, 9.17) is 5.73 Å². The number of rotatable bonds is 3. The average Bonchev–Trinajstić information content (AvgIpc) is 2.89. The average molecular weight is 296 g/mol. The zero-order valence-electron chi connectivity index (χ0n) is 11.8. The smallest absolute Gasteiger partial charge is 0.267 e. The number of carbonyl (C=O) groups excluding carboxylic acids is 1. The Hall–Kier alpha value is -3.02. The molecule has 0 atom stereocenters. The first-order valence-electron chi connectivity index (χ1n) is 6.63. The molecule has 22 heavy (non-hydrogen) atoms. The van der Waals surface area contributed by atoms with Gasteiger partial charge in [0.1, 0.15) is 17.2 Å². The number of carbonyl (C=O) groups is 1. The number of nitrogens with zero attached hydrogens (tertiary/aromatic N) is 2. The zero-order chi connectivity index (χ0) is 15.7. The minimum absolute atomic E-state index is 0.170. The Kier molecular flexibility index (Phi) is 3.42. The number of amides is 1. The fourth-order valence-electron chi connectivity index (χ4n) is 2.35. The lowest BCUT2D eigenvalue weighted by atomic mass is 9.99. The molecule has 0 unspecified atom stereocenters. The van der Waals surface area contributed by atoms with Crippen molar-refractivity contribution < 1.29 is 9.18 Å². The molecule has 0 saturated heterocycles. The molecule has 0 radical (unpaired) electrons. The molecule has 5 nitrogen and oxygen atoms in total.